The number of benzene rings is 4. The van der Waals surface area contributed by atoms with Gasteiger partial charge < -0.3 is 47.5 Å². The molecule has 0 aliphatic carbocycles. The Hall–Kier alpha value is -8.72. The van der Waals surface area contributed by atoms with Gasteiger partial charge in [-0.3, -0.25) is 49.2 Å². The quantitative estimate of drug-likeness (QED) is 0.0345. The standard InChI is InChI=1S/C13H12N4O3.C13H15N3O3.C9H7NO3.C8H9NO2.C6H10N2O.HNO2.Na/c1-7-2-3-9-8(6-7)13(20)17(16-15-9)10-4-5-11(18)14-12(10)19;1-7-2-3-9(14)8(6-7)12(18)15-10-4-5-11(17)16-13(10)19;1-5-2-3-7-6(4-5)8(11)13-9(12)10-7;1-5-2-3-7(9)6(4-5)8(10)11;1-4-2-3-5(7)6(9)8-4;2-1-3;/h2-3,6,10H,4-5H2,1H3,(H,14,18,19);2-3,6,10H,4-5,14H2,1H3,(H,15,18)(H,16,17,19);2-4H,1H3,(H,10,12);2-4H,9H2,1H3,(H,10,11);5H,1-3,7H2,(H,8,9);(H,2,3);/q;;;;;;+1/p-1. The summed E-state index contributed by atoms with van der Waals surface area (Å²) in [6, 6.07) is 18.7. The third kappa shape index (κ3) is 17.7. The molecule has 394 valence electrons. The summed E-state index contributed by atoms with van der Waals surface area (Å²) in [7, 11) is 0. The molecule has 3 aliphatic rings. The summed E-state index contributed by atoms with van der Waals surface area (Å²) in [5.41, 5.74) is 22.2. The van der Waals surface area contributed by atoms with E-state index in [2.05, 4.69) is 47.6 Å². The summed E-state index contributed by atoms with van der Waals surface area (Å²) in [4.78, 5) is 124. The molecule has 27 heteroatoms. The number of carbonyl (C=O) groups is 7. The molecule has 76 heavy (non-hydrogen) atoms. The molecule has 6 amide bonds. The largest absolute Gasteiger partial charge is 1.00 e. The zero-order chi connectivity index (χ0) is 55.7. The smallest absolute Gasteiger partial charge is 0.478 e. The number of nitrogens with two attached hydrogens (primary N) is 3. The van der Waals surface area contributed by atoms with E-state index in [1.54, 1.807) is 60.7 Å². The first kappa shape index (κ1) is 61.6. The Balaban J connectivity index is 0.000000253. The van der Waals surface area contributed by atoms with Gasteiger partial charge in [0.25, 0.3) is 17.4 Å². The number of nitrogen functional groups attached to an aromatic ring is 2. The Morgan fingerprint density at radius 1 is 0.737 bits per heavy atom. The Morgan fingerprint density at radius 2 is 1.26 bits per heavy atom. The van der Waals surface area contributed by atoms with Crippen LogP contribution >= 0.6 is 0 Å². The molecular formula is C49H53N12NaO14. The Kier molecular flexibility index (Phi) is 23.2. The zero-order valence-electron chi connectivity index (χ0n) is 41.9. The van der Waals surface area contributed by atoms with Gasteiger partial charge in [0.15, 0.2) is 0 Å². The van der Waals surface area contributed by atoms with Gasteiger partial charge in [0.2, 0.25) is 23.6 Å². The van der Waals surface area contributed by atoms with Gasteiger partial charge >= 0.3 is 46.9 Å². The maximum Gasteiger partial charge on any atom is 1.00 e. The van der Waals surface area contributed by atoms with Gasteiger partial charge in [0, 0.05) is 29.9 Å². The normalized spacial score (nSPS) is 16.4. The number of H-pyrrole nitrogens is 1. The zero-order valence-corrected chi connectivity index (χ0v) is 43.9. The second-order valence-electron chi connectivity index (χ2n) is 17.0. The average Bonchev–Trinajstić information content (AvgIpc) is 3.34. The van der Waals surface area contributed by atoms with Gasteiger partial charge in [-0.05, 0) is 102 Å². The minimum Gasteiger partial charge on any atom is -0.478 e. The van der Waals surface area contributed by atoms with E-state index < -0.39 is 47.2 Å². The summed E-state index contributed by atoms with van der Waals surface area (Å²) >= 11 is 0. The van der Waals surface area contributed by atoms with E-state index in [0.29, 0.717) is 45.2 Å². The minimum atomic E-state index is -0.980. The van der Waals surface area contributed by atoms with Crippen LogP contribution in [0.5, 0.6) is 0 Å². The number of imide groups is 2. The number of anilines is 2. The van der Waals surface area contributed by atoms with Gasteiger partial charge in [-0.1, -0.05) is 58.3 Å². The number of aryl methyl sites for hydroxylation is 4. The number of rotatable bonds is 4. The minimum absolute atomic E-state index is 0. The van der Waals surface area contributed by atoms with Crippen LogP contribution < -0.4 is 85.0 Å². The van der Waals surface area contributed by atoms with Crippen molar-refractivity contribution in [2.45, 2.75) is 84.3 Å². The van der Waals surface area contributed by atoms with E-state index in [1.165, 1.54) is 0 Å². The van der Waals surface area contributed by atoms with E-state index >= 15 is 0 Å². The number of hydrogen-bond acceptors (Lipinski definition) is 19. The van der Waals surface area contributed by atoms with E-state index in [9.17, 15) is 47.9 Å². The third-order valence-corrected chi connectivity index (χ3v) is 11.0. The summed E-state index contributed by atoms with van der Waals surface area (Å²) in [5, 5.41) is 35.8. The Morgan fingerprint density at radius 3 is 1.82 bits per heavy atom. The van der Waals surface area contributed by atoms with Crippen LogP contribution in [-0.2, 0) is 24.0 Å². The summed E-state index contributed by atoms with van der Waals surface area (Å²) < 4.78 is 5.44. The number of carboxylic acid groups (broad SMARTS) is 1. The third-order valence-electron chi connectivity index (χ3n) is 11.0. The van der Waals surface area contributed by atoms with Crippen molar-refractivity contribution < 1.29 is 72.6 Å². The number of amides is 6. The topological polar surface area (TPSA) is 429 Å². The maximum atomic E-state index is 12.4. The molecule has 3 fully saturated rings. The predicted molar refractivity (Wildman–Crippen MR) is 273 cm³/mol. The molecule has 0 radical (unpaired) electrons. The maximum absolute atomic E-state index is 12.4. The fourth-order valence-electron chi connectivity index (χ4n) is 7.08. The number of aromatic amines is 1. The molecule has 5 heterocycles. The molecule has 0 saturated carbocycles. The van der Waals surface area contributed by atoms with Gasteiger partial charge in [-0.15, -0.1) is 10.4 Å². The van der Waals surface area contributed by atoms with Gasteiger partial charge in [0.05, 0.1) is 33.5 Å². The second-order valence-corrected chi connectivity index (χ2v) is 17.0. The molecule has 3 saturated heterocycles. The molecule has 12 N–H and O–H groups in total. The molecule has 3 unspecified atom stereocenters. The molecule has 3 aliphatic heterocycles. The first-order chi connectivity index (χ1) is 35.4. The van der Waals surface area contributed by atoms with Crippen molar-refractivity contribution in [2.75, 3.05) is 11.5 Å². The molecule has 6 aromatic rings. The van der Waals surface area contributed by atoms with Crippen molar-refractivity contribution >= 4 is 74.6 Å². The van der Waals surface area contributed by atoms with Crippen LogP contribution in [0, 0.1) is 37.8 Å². The number of piperidine rings is 3. The van der Waals surface area contributed by atoms with Crippen LogP contribution in [0.15, 0.2) is 109 Å². The van der Waals surface area contributed by atoms with Crippen molar-refractivity contribution in [3.63, 3.8) is 0 Å². The number of nitrogens with zero attached hydrogens (tertiary/aromatic N) is 4. The van der Waals surface area contributed by atoms with Crippen LogP contribution in [0.25, 0.3) is 21.8 Å². The summed E-state index contributed by atoms with van der Waals surface area (Å²) in [6.07, 6.45) is 2.52. The number of fused-ring (bicyclic) bond motifs is 2. The number of hydrogen-bond donors (Lipinski definition) is 9. The van der Waals surface area contributed by atoms with Gasteiger partial charge in [-0.25, -0.2) is 14.4 Å². The number of allylic oxidation sites excluding steroid dienone is 1. The molecule has 4 aromatic carbocycles. The van der Waals surface area contributed by atoms with E-state index in [4.69, 9.17) is 32.4 Å². The Labute approximate surface area is 453 Å². The fraction of sp³-hybridized carbons (Fsp3) is 0.265. The molecule has 0 bridgehead atoms. The number of aromatic nitrogens is 4. The van der Waals surface area contributed by atoms with Crippen molar-refractivity contribution in [3.05, 3.63) is 160 Å². The molecule has 3 atom stereocenters. The molecule has 26 nitrogen and oxygen atoms in total. The molecule has 9 rings (SSSR count). The van der Waals surface area contributed by atoms with Crippen LogP contribution in [0.4, 0.5) is 11.4 Å². The number of carbonyl (C=O) groups excluding carboxylic acids is 6. The summed E-state index contributed by atoms with van der Waals surface area (Å²) in [5.74, 6) is -3.84. The number of carboxylic acids is 1. The van der Waals surface area contributed by atoms with E-state index in [-0.39, 0.29) is 83.7 Å². The van der Waals surface area contributed by atoms with Crippen molar-refractivity contribution in [1.29, 1.82) is 0 Å². The number of aromatic carboxylic acids is 1. The SMILES string of the molecule is C=C1CCC(N)C(=O)N1.Cc1ccc(N)c(C(=O)NC2CCC(=O)NC2=O)c1.Cc1ccc(N)c(C(=O)O)c1.Cc1ccc2[nH]c(=O)oc(=O)c2c1.Cc1ccc2nnn(C3CCC(=O)NC3=O)c(=O)c2c1.O=N[O-].[Na+]. The fourth-order valence-corrected chi connectivity index (χ4v) is 7.08. The molecule has 0 spiro atoms. The van der Waals surface area contributed by atoms with Crippen molar-refractivity contribution in [1.82, 2.24) is 41.2 Å². The Bertz CT molecular complexity index is 3380. The van der Waals surface area contributed by atoms with Gasteiger partial charge in [0.1, 0.15) is 17.6 Å². The number of nitrogens with one attached hydrogen (secondary N) is 5. The first-order valence-electron chi connectivity index (χ1n) is 22.6. The van der Waals surface area contributed by atoms with Crippen molar-refractivity contribution in [2.24, 2.45) is 11.1 Å². The molecule has 2 aromatic heterocycles. The van der Waals surface area contributed by atoms with E-state index in [1.807, 2.05) is 39.8 Å². The monoisotopic (exact) mass is 1060 g/mol. The second kappa shape index (κ2) is 28.7. The predicted octanol–water partition coefficient (Wildman–Crippen LogP) is -0.753. The molecular weight excluding hydrogens is 1000 g/mol. The van der Waals surface area contributed by atoms with Gasteiger partial charge in [-0.2, -0.15) is 4.68 Å². The summed E-state index contributed by atoms with van der Waals surface area (Å²) in [6.45, 7) is 11.0. The first-order valence-corrected chi connectivity index (χ1v) is 22.6. The van der Waals surface area contributed by atoms with E-state index in [0.717, 1.165) is 50.8 Å². The van der Waals surface area contributed by atoms with Crippen LogP contribution in [0.3, 0.4) is 0 Å². The van der Waals surface area contributed by atoms with Crippen LogP contribution in [0.1, 0.15) is 87.5 Å². The van der Waals surface area contributed by atoms with Crippen molar-refractivity contribution in [3.8, 4) is 0 Å². The average molecular weight is 1060 g/mol. The van der Waals surface area contributed by atoms with Crippen LogP contribution in [0.2, 0.25) is 0 Å². The van der Waals surface area contributed by atoms with Crippen LogP contribution in [-0.4, -0.2) is 78.6 Å².